The fourth-order valence-electron chi connectivity index (χ4n) is 3.85. The Morgan fingerprint density at radius 3 is 2.64 bits per heavy atom. The lowest BCUT2D eigenvalue weighted by Gasteiger charge is -2.21. The van der Waals surface area contributed by atoms with Gasteiger partial charge in [0.1, 0.15) is 0 Å². The van der Waals surface area contributed by atoms with Crippen molar-refractivity contribution in [2.24, 2.45) is 5.41 Å². The van der Waals surface area contributed by atoms with Crippen LogP contribution >= 0.6 is 11.3 Å². The van der Waals surface area contributed by atoms with Gasteiger partial charge in [-0.25, -0.2) is 13.8 Å². The monoisotopic (exact) mass is 553 g/mol. The fourth-order valence-corrected chi connectivity index (χ4v) is 4.61. The molecule has 11 heteroatoms. The third-order valence-corrected chi connectivity index (χ3v) is 7.02. The van der Waals surface area contributed by atoms with Gasteiger partial charge in [-0.3, -0.25) is 19.5 Å². The molecule has 4 rings (SSSR count). The summed E-state index contributed by atoms with van der Waals surface area (Å²) in [6, 6.07) is 15.3. The van der Waals surface area contributed by atoms with Crippen LogP contribution in [0.4, 0.5) is 20.4 Å². The predicted molar refractivity (Wildman–Crippen MR) is 150 cm³/mol. The van der Waals surface area contributed by atoms with Crippen LogP contribution in [0, 0.1) is 5.41 Å². The van der Waals surface area contributed by atoms with E-state index in [1.165, 1.54) is 12.1 Å². The molecule has 0 fully saturated rings. The van der Waals surface area contributed by atoms with Crippen LogP contribution in [0.1, 0.15) is 40.4 Å². The molecule has 0 bridgehead atoms. The van der Waals surface area contributed by atoms with Gasteiger partial charge in [-0.1, -0.05) is 32.6 Å². The highest BCUT2D eigenvalue weighted by Gasteiger charge is 2.20. The number of hydrogen-bond donors (Lipinski definition) is 4. The van der Waals surface area contributed by atoms with Crippen LogP contribution in [-0.4, -0.2) is 39.6 Å². The second-order valence-electron chi connectivity index (χ2n) is 9.72. The van der Waals surface area contributed by atoms with E-state index in [4.69, 9.17) is 0 Å². The summed E-state index contributed by atoms with van der Waals surface area (Å²) in [6.07, 6.45) is -1.50. The first-order valence-electron chi connectivity index (χ1n) is 12.2. The van der Waals surface area contributed by atoms with Gasteiger partial charge >= 0.3 is 0 Å². The number of aromatic nitrogens is 2. The van der Waals surface area contributed by atoms with E-state index in [-0.39, 0.29) is 33.6 Å². The second-order valence-corrected chi connectivity index (χ2v) is 10.8. The van der Waals surface area contributed by atoms with Crippen molar-refractivity contribution in [1.29, 1.82) is 0 Å². The summed E-state index contributed by atoms with van der Waals surface area (Å²) in [5.74, 6) is -0.737. The zero-order chi connectivity index (χ0) is 28.2. The molecule has 0 saturated carbocycles. The highest BCUT2D eigenvalue weighted by molar-refractivity contribution is 7.14. The number of fused-ring (bicyclic) bond motifs is 1. The molecule has 4 aromatic rings. The van der Waals surface area contributed by atoms with E-state index in [0.29, 0.717) is 35.5 Å². The second kappa shape index (κ2) is 11.9. The molecule has 2 aromatic carbocycles. The maximum absolute atomic E-state index is 13.1. The number of carbonyl (C=O) groups is 2. The molecule has 204 valence electrons. The zero-order valence-corrected chi connectivity index (χ0v) is 22.3. The number of nitrogens with one attached hydrogen (secondary N) is 3. The van der Waals surface area contributed by atoms with Crippen LogP contribution in [0.5, 0.6) is 0 Å². The van der Waals surface area contributed by atoms with Gasteiger partial charge in [0.15, 0.2) is 0 Å². The minimum absolute atomic E-state index is 0.0574. The van der Waals surface area contributed by atoms with E-state index < -0.39 is 12.3 Å². The molecular formula is C28H29F2N5O3S. The van der Waals surface area contributed by atoms with Gasteiger partial charge in [-0.05, 0) is 54.1 Å². The first-order valence-corrected chi connectivity index (χ1v) is 13.0. The van der Waals surface area contributed by atoms with Crippen LogP contribution < -0.4 is 16.0 Å². The van der Waals surface area contributed by atoms with E-state index in [1.807, 2.05) is 32.0 Å². The van der Waals surface area contributed by atoms with Crippen LogP contribution in [0.15, 0.2) is 67.3 Å². The molecule has 4 N–H and O–H groups in total. The van der Waals surface area contributed by atoms with Crippen LogP contribution in [0.3, 0.4) is 0 Å². The van der Waals surface area contributed by atoms with E-state index in [0.717, 1.165) is 23.0 Å². The zero-order valence-electron chi connectivity index (χ0n) is 21.5. The van der Waals surface area contributed by atoms with Crippen LogP contribution in [-0.2, 0) is 11.3 Å². The Balaban J connectivity index is 1.71. The van der Waals surface area contributed by atoms with E-state index >= 15 is 0 Å². The normalized spacial score (nSPS) is 11.6. The predicted octanol–water partition coefficient (Wildman–Crippen LogP) is 5.51. The van der Waals surface area contributed by atoms with Crippen molar-refractivity contribution < 1.29 is 23.5 Å². The topological polar surface area (TPSA) is 108 Å². The SMILES string of the molecule is C=CC(=O)Nc1cccc(-n2c(NC(=O)c3ccc(C(F)F)s3)nc3cc(CNCC(C)(C)CO)ccc32)c1. The maximum atomic E-state index is 13.1. The number of carbonyl (C=O) groups excluding carboxylic acids is 2. The van der Waals surface area contributed by atoms with Crippen molar-refractivity contribution in [2.45, 2.75) is 26.8 Å². The fraction of sp³-hybridized carbons (Fsp3) is 0.250. The Labute approximate surface area is 228 Å². The van der Waals surface area contributed by atoms with E-state index in [2.05, 4.69) is 27.5 Å². The number of amides is 2. The number of alkyl halides is 2. The molecular weight excluding hydrogens is 524 g/mol. The van der Waals surface area contributed by atoms with Gasteiger partial charge < -0.3 is 15.7 Å². The Morgan fingerprint density at radius 1 is 1.15 bits per heavy atom. The number of halogens is 2. The molecule has 0 aliphatic carbocycles. The number of aliphatic hydroxyl groups is 1. The van der Waals surface area contributed by atoms with Crippen LogP contribution in [0.2, 0.25) is 0 Å². The molecule has 8 nitrogen and oxygen atoms in total. The van der Waals surface area contributed by atoms with Gasteiger partial charge in [0, 0.05) is 30.8 Å². The molecule has 0 unspecified atom stereocenters. The number of nitrogens with zero attached hydrogens (tertiary/aromatic N) is 2. The molecule has 0 aliphatic rings. The molecule has 0 radical (unpaired) electrons. The summed E-state index contributed by atoms with van der Waals surface area (Å²) < 4.78 is 27.9. The van der Waals surface area contributed by atoms with Crippen LogP contribution in [0.25, 0.3) is 16.7 Å². The third-order valence-electron chi connectivity index (χ3n) is 5.93. The first kappa shape index (κ1) is 28.1. The van der Waals surface area contributed by atoms with Crippen molar-refractivity contribution >= 4 is 45.8 Å². The Hall–Kier alpha value is -3.93. The Kier molecular flexibility index (Phi) is 8.54. The number of hydrogen-bond acceptors (Lipinski definition) is 6. The van der Waals surface area contributed by atoms with Crippen molar-refractivity contribution in [2.75, 3.05) is 23.8 Å². The van der Waals surface area contributed by atoms with Crippen molar-refractivity contribution in [3.63, 3.8) is 0 Å². The Morgan fingerprint density at radius 2 is 1.95 bits per heavy atom. The van der Waals surface area contributed by atoms with E-state index in [1.54, 1.807) is 28.8 Å². The lowest BCUT2D eigenvalue weighted by molar-refractivity contribution is -0.111. The number of thiophene rings is 1. The van der Waals surface area contributed by atoms with Gasteiger partial charge in [0.25, 0.3) is 12.3 Å². The molecule has 2 amide bonds. The summed E-state index contributed by atoms with van der Waals surface area (Å²) >= 11 is 0.722. The third kappa shape index (κ3) is 6.75. The molecule has 0 atom stereocenters. The standard InChI is InChI=1S/C28H29F2N5O3S/c1-4-24(37)32-18-6-5-7-19(13-18)35-21-9-8-17(14-31-15-28(2,3)16-36)12-20(21)33-27(35)34-26(38)23-11-10-22(39-23)25(29)30/h4-13,25,31,36H,1,14-16H2,2-3H3,(H,32,37)(H,33,34,38). The van der Waals surface area contributed by atoms with Gasteiger partial charge in [0.2, 0.25) is 11.9 Å². The summed E-state index contributed by atoms with van der Waals surface area (Å²) in [5.41, 5.74) is 3.11. The summed E-state index contributed by atoms with van der Waals surface area (Å²) in [4.78, 5) is 29.4. The summed E-state index contributed by atoms with van der Waals surface area (Å²) in [6.45, 7) is 8.61. The minimum atomic E-state index is -2.66. The molecule has 0 spiro atoms. The minimum Gasteiger partial charge on any atom is -0.396 e. The quantitative estimate of drug-likeness (QED) is 0.183. The number of rotatable bonds is 11. The number of imidazole rings is 1. The van der Waals surface area contributed by atoms with Gasteiger partial charge in [-0.2, -0.15) is 0 Å². The smallest absolute Gasteiger partial charge is 0.272 e. The number of benzene rings is 2. The molecule has 0 saturated heterocycles. The van der Waals surface area contributed by atoms with Crippen molar-refractivity contribution in [1.82, 2.24) is 14.9 Å². The molecule has 0 aliphatic heterocycles. The lowest BCUT2D eigenvalue weighted by atomic mass is 9.95. The van der Waals surface area contributed by atoms with Gasteiger partial charge in [0.05, 0.1) is 26.5 Å². The summed E-state index contributed by atoms with van der Waals surface area (Å²) in [7, 11) is 0. The average Bonchev–Trinajstić information content (AvgIpc) is 3.54. The first-order chi connectivity index (χ1) is 18.6. The highest BCUT2D eigenvalue weighted by atomic mass is 32.1. The molecule has 2 heterocycles. The van der Waals surface area contributed by atoms with Crippen molar-refractivity contribution in [3.8, 4) is 5.69 Å². The average molecular weight is 554 g/mol. The Bertz CT molecular complexity index is 1510. The maximum Gasteiger partial charge on any atom is 0.272 e. The van der Waals surface area contributed by atoms with E-state index in [9.17, 15) is 23.5 Å². The molecule has 2 aromatic heterocycles. The summed E-state index contributed by atoms with van der Waals surface area (Å²) in [5, 5.41) is 18.3. The van der Waals surface area contributed by atoms with Gasteiger partial charge in [-0.15, -0.1) is 11.3 Å². The molecule has 39 heavy (non-hydrogen) atoms. The number of aliphatic hydroxyl groups excluding tert-OH is 1. The van der Waals surface area contributed by atoms with Crippen molar-refractivity contribution in [3.05, 3.63) is 82.6 Å². The number of anilines is 2. The largest absolute Gasteiger partial charge is 0.396 e. The lowest BCUT2D eigenvalue weighted by Crippen LogP contribution is -2.31. The highest BCUT2D eigenvalue weighted by Crippen LogP contribution is 2.30.